The Morgan fingerprint density at radius 3 is 2.71 bits per heavy atom. The van der Waals surface area contributed by atoms with Gasteiger partial charge in [-0.25, -0.2) is 9.78 Å². The number of carbonyl (C=O) groups excluding carboxylic acids is 1. The van der Waals surface area contributed by atoms with Gasteiger partial charge >= 0.3 is 5.97 Å². The van der Waals surface area contributed by atoms with Gasteiger partial charge in [-0.05, 0) is 13.8 Å². The molecule has 2 rings (SSSR count). The maximum absolute atomic E-state index is 11.5. The van der Waals surface area contributed by atoms with Crippen LogP contribution in [0.25, 0.3) is 11.3 Å². The number of carbonyl (C=O) groups is 1. The van der Waals surface area contributed by atoms with Crippen molar-refractivity contribution in [3.63, 3.8) is 0 Å². The second-order valence-electron chi connectivity index (χ2n) is 3.62. The van der Waals surface area contributed by atoms with Gasteiger partial charge in [0.05, 0.1) is 12.3 Å². The van der Waals surface area contributed by atoms with Crippen LogP contribution >= 0.6 is 11.3 Å². The molecule has 1 aromatic heterocycles. The fourth-order valence-corrected chi connectivity index (χ4v) is 2.14. The highest BCUT2D eigenvalue weighted by molar-refractivity contribution is 7.11. The van der Waals surface area contributed by atoms with Gasteiger partial charge in [0, 0.05) is 10.9 Å². The van der Waals surface area contributed by atoms with E-state index in [0.29, 0.717) is 11.6 Å². The van der Waals surface area contributed by atoms with Gasteiger partial charge in [-0.3, -0.25) is 0 Å². The number of nitrogens with zero attached hydrogens (tertiary/aromatic N) is 1. The van der Waals surface area contributed by atoms with Crippen molar-refractivity contribution in [1.29, 1.82) is 0 Å². The Labute approximate surface area is 104 Å². The van der Waals surface area contributed by atoms with Crippen LogP contribution in [0.4, 0.5) is 0 Å². The molecule has 0 N–H and O–H groups in total. The molecule has 0 aliphatic carbocycles. The van der Waals surface area contributed by atoms with Crippen molar-refractivity contribution in [2.75, 3.05) is 6.61 Å². The number of thiazole rings is 1. The predicted molar refractivity (Wildman–Crippen MR) is 68.2 cm³/mol. The average molecular weight is 247 g/mol. The molecule has 0 aliphatic heterocycles. The van der Waals surface area contributed by atoms with Crippen molar-refractivity contribution in [3.8, 4) is 11.3 Å². The first-order valence-electron chi connectivity index (χ1n) is 5.40. The Kier molecular flexibility index (Phi) is 3.54. The van der Waals surface area contributed by atoms with Crippen LogP contribution in [-0.4, -0.2) is 17.6 Å². The predicted octanol–water partition coefficient (Wildman–Crippen LogP) is 3.30. The summed E-state index contributed by atoms with van der Waals surface area (Å²) in [5.41, 5.74) is 3.04. The van der Waals surface area contributed by atoms with E-state index in [2.05, 4.69) is 4.98 Å². The molecule has 88 valence electrons. The minimum absolute atomic E-state index is 0.351. The average Bonchev–Trinajstić information content (AvgIpc) is 2.80. The molecule has 1 aromatic carbocycles. The van der Waals surface area contributed by atoms with E-state index >= 15 is 0 Å². The molecule has 0 fully saturated rings. The highest BCUT2D eigenvalue weighted by Crippen LogP contribution is 2.22. The molecular formula is C13H13NO2S. The van der Waals surface area contributed by atoms with E-state index in [1.54, 1.807) is 6.92 Å². The lowest BCUT2D eigenvalue weighted by molar-refractivity contribution is 0.0526. The maximum Gasteiger partial charge on any atom is 0.367 e. The summed E-state index contributed by atoms with van der Waals surface area (Å²) >= 11 is 1.31. The van der Waals surface area contributed by atoms with Gasteiger partial charge in [0.2, 0.25) is 5.01 Å². The first-order chi connectivity index (χ1) is 8.20. The monoisotopic (exact) mass is 247 g/mol. The fraction of sp³-hybridized carbons (Fsp3) is 0.231. The first-order valence-corrected chi connectivity index (χ1v) is 6.28. The van der Waals surface area contributed by atoms with E-state index in [1.807, 2.05) is 36.6 Å². The lowest BCUT2D eigenvalue weighted by Gasteiger charge is -1.98. The molecule has 0 saturated carbocycles. The van der Waals surface area contributed by atoms with Crippen molar-refractivity contribution >= 4 is 17.3 Å². The zero-order valence-corrected chi connectivity index (χ0v) is 10.6. The van der Waals surface area contributed by atoms with E-state index in [4.69, 9.17) is 4.74 Å². The molecule has 0 unspecified atom stereocenters. The molecule has 0 saturated heterocycles. The number of aryl methyl sites for hydroxylation is 1. The van der Waals surface area contributed by atoms with Gasteiger partial charge < -0.3 is 4.74 Å². The summed E-state index contributed by atoms with van der Waals surface area (Å²) in [5.74, 6) is -0.351. The van der Waals surface area contributed by atoms with Gasteiger partial charge in [-0.15, -0.1) is 11.3 Å². The zero-order chi connectivity index (χ0) is 12.3. The van der Waals surface area contributed by atoms with Gasteiger partial charge in [-0.1, -0.05) is 29.8 Å². The number of aromatic nitrogens is 1. The molecule has 0 amide bonds. The SMILES string of the molecule is CCOC(=O)c1nc(-c2ccc(C)cc2)cs1. The molecule has 2 aromatic rings. The second kappa shape index (κ2) is 5.10. The van der Waals surface area contributed by atoms with Crippen LogP contribution < -0.4 is 0 Å². The Hall–Kier alpha value is -1.68. The Morgan fingerprint density at radius 1 is 1.35 bits per heavy atom. The fourth-order valence-electron chi connectivity index (χ4n) is 1.42. The minimum Gasteiger partial charge on any atom is -0.461 e. The largest absolute Gasteiger partial charge is 0.461 e. The first kappa shape index (κ1) is 11.8. The molecule has 0 radical (unpaired) electrons. The number of ether oxygens (including phenoxy) is 1. The summed E-state index contributed by atoms with van der Waals surface area (Å²) in [5, 5.41) is 2.28. The van der Waals surface area contributed by atoms with Gasteiger partial charge in [0.15, 0.2) is 0 Å². The number of benzene rings is 1. The van der Waals surface area contributed by atoms with E-state index in [1.165, 1.54) is 16.9 Å². The van der Waals surface area contributed by atoms with Gasteiger partial charge in [0.1, 0.15) is 0 Å². The summed E-state index contributed by atoms with van der Waals surface area (Å²) in [6.45, 7) is 4.19. The quantitative estimate of drug-likeness (QED) is 0.781. The van der Waals surface area contributed by atoms with Gasteiger partial charge in [-0.2, -0.15) is 0 Å². The molecule has 0 spiro atoms. The standard InChI is InChI=1S/C13H13NO2S/c1-3-16-13(15)12-14-11(8-17-12)10-6-4-9(2)5-7-10/h4-8H,3H2,1-2H3. The molecule has 0 aliphatic rings. The smallest absolute Gasteiger partial charge is 0.367 e. The summed E-state index contributed by atoms with van der Waals surface area (Å²) < 4.78 is 4.91. The number of hydrogen-bond donors (Lipinski definition) is 0. The number of esters is 1. The van der Waals surface area contributed by atoms with E-state index in [9.17, 15) is 4.79 Å². The molecule has 3 nitrogen and oxygen atoms in total. The van der Waals surface area contributed by atoms with Crippen LogP contribution in [-0.2, 0) is 4.74 Å². The van der Waals surface area contributed by atoms with Crippen LogP contribution in [0, 0.1) is 6.92 Å². The second-order valence-corrected chi connectivity index (χ2v) is 4.48. The molecule has 17 heavy (non-hydrogen) atoms. The van der Waals surface area contributed by atoms with E-state index < -0.39 is 0 Å². The highest BCUT2D eigenvalue weighted by atomic mass is 32.1. The van der Waals surface area contributed by atoms with Crippen LogP contribution in [0.3, 0.4) is 0 Å². The third-order valence-electron chi connectivity index (χ3n) is 2.30. The van der Waals surface area contributed by atoms with Crippen LogP contribution in [0.15, 0.2) is 29.6 Å². The minimum atomic E-state index is -0.351. The lowest BCUT2D eigenvalue weighted by atomic mass is 10.1. The summed E-state index contributed by atoms with van der Waals surface area (Å²) in [6, 6.07) is 8.05. The molecule has 0 bridgehead atoms. The topological polar surface area (TPSA) is 39.2 Å². The molecule has 4 heteroatoms. The van der Waals surface area contributed by atoms with E-state index in [-0.39, 0.29) is 5.97 Å². The summed E-state index contributed by atoms with van der Waals surface area (Å²) in [4.78, 5) is 15.7. The Bertz CT molecular complexity index is 516. The van der Waals surface area contributed by atoms with Crippen LogP contribution in [0.1, 0.15) is 22.3 Å². The van der Waals surface area contributed by atoms with E-state index in [0.717, 1.165) is 11.3 Å². The third kappa shape index (κ3) is 2.71. The Balaban J connectivity index is 2.23. The third-order valence-corrected chi connectivity index (χ3v) is 3.12. The Morgan fingerprint density at radius 2 is 2.06 bits per heavy atom. The highest BCUT2D eigenvalue weighted by Gasteiger charge is 2.12. The number of rotatable bonds is 3. The normalized spacial score (nSPS) is 10.2. The lowest BCUT2D eigenvalue weighted by Crippen LogP contribution is -2.03. The maximum atomic E-state index is 11.5. The van der Waals surface area contributed by atoms with Crippen molar-refractivity contribution < 1.29 is 9.53 Å². The van der Waals surface area contributed by atoms with Crippen LogP contribution in [0.5, 0.6) is 0 Å². The summed E-state index contributed by atoms with van der Waals surface area (Å²) in [7, 11) is 0. The molecular weight excluding hydrogens is 234 g/mol. The van der Waals surface area contributed by atoms with Crippen molar-refractivity contribution in [2.24, 2.45) is 0 Å². The number of hydrogen-bond acceptors (Lipinski definition) is 4. The van der Waals surface area contributed by atoms with Crippen molar-refractivity contribution in [1.82, 2.24) is 4.98 Å². The van der Waals surface area contributed by atoms with Gasteiger partial charge in [0.25, 0.3) is 0 Å². The zero-order valence-electron chi connectivity index (χ0n) is 9.77. The van der Waals surface area contributed by atoms with Crippen molar-refractivity contribution in [2.45, 2.75) is 13.8 Å². The summed E-state index contributed by atoms with van der Waals surface area (Å²) in [6.07, 6.45) is 0. The molecule has 0 atom stereocenters. The molecule has 1 heterocycles. The van der Waals surface area contributed by atoms with Crippen LogP contribution in [0.2, 0.25) is 0 Å². The van der Waals surface area contributed by atoms with Crippen molar-refractivity contribution in [3.05, 3.63) is 40.2 Å².